The molecule has 0 saturated carbocycles. The third kappa shape index (κ3) is 4.05. The second-order valence-corrected chi connectivity index (χ2v) is 5.74. The van der Waals surface area contributed by atoms with Gasteiger partial charge in [0.1, 0.15) is 11.5 Å². The average molecular weight is 291 g/mol. The molecule has 20 heavy (non-hydrogen) atoms. The molecule has 0 fully saturated rings. The first-order valence-electron chi connectivity index (χ1n) is 6.86. The van der Waals surface area contributed by atoms with E-state index in [9.17, 15) is 0 Å². The maximum Gasteiger partial charge on any atom is 0.119 e. The summed E-state index contributed by atoms with van der Waals surface area (Å²) >= 11 is 1.72. The van der Waals surface area contributed by atoms with Gasteiger partial charge in [0.2, 0.25) is 0 Å². The first-order chi connectivity index (χ1) is 9.70. The van der Waals surface area contributed by atoms with Crippen LogP contribution in [0.3, 0.4) is 0 Å². The Labute approximate surface area is 124 Å². The fourth-order valence-corrected chi connectivity index (χ4v) is 2.78. The van der Waals surface area contributed by atoms with Gasteiger partial charge in [-0.15, -0.1) is 11.8 Å². The van der Waals surface area contributed by atoms with Crippen molar-refractivity contribution >= 4 is 11.8 Å². The van der Waals surface area contributed by atoms with Crippen molar-refractivity contribution < 1.29 is 9.15 Å². The molecule has 4 heteroatoms. The van der Waals surface area contributed by atoms with E-state index in [2.05, 4.69) is 6.92 Å². The fraction of sp³-hybridized carbons (Fsp3) is 0.375. The highest BCUT2D eigenvalue weighted by atomic mass is 32.2. The zero-order valence-corrected chi connectivity index (χ0v) is 12.8. The van der Waals surface area contributed by atoms with Crippen LogP contribution in [-0.2, 0) is 0 Å². The van der Waals surface area contributed by atoms with Crippen LogP contribution in [-0.4, -0.2) is 12.4 Å². The summed E-state index contributed by atoms with van der Waals surface area (Å²) in [5.41, 5.74) is 7.35. The van der Waals surface area contributed by atoms with Crippen LogP contribution in [0.4, 0.5) is 0 Å². The van der Waals surface area contributed by atoms with Crippen molar-refractivity contribution in [2.24, 2.45) is 5.73 Å². The molecule has 0 saturated heterocycles. The van der Waals surface area contributed by atoms with E-state index in [1.165, 1.54) is 0 Å². The monoisotopic (exact) mass is 291 g/mol. The maximum atomic E-state index is 6.22. The molecule has 0 aliphatic heterocycles. The lowest BCUT2D eigenvalue weighted by atomic mass is 10.1. The minimum absolute atomic E-state index is 0.00882. The van der Waals surface area contributed by atoms with Gasteiger partial charge in [0.25, 0.3) is 0 Å². The minimum Gasteiger partial charge on any atom is -0.494 e. The van der Waals surface area contributed by atoms with Gasteiger partial charge in [-0.1, -0.05) is 19.1 Å². The van der Waals surface area contributed by atoms with Gasteiger partial charge < -0.3 is 14.9 Å². The summed E-state index contributed by atoms with van der Waals surface area (Å²) in [4.78, 5) is 1.16. The van der Waals surface area contributed by atoms with Gasteiger partial charge in [-0.2, -0.15) is 0 Å². The van der Waals surface area contributed by atoms with Crippen LogP contribution in [0.1, 0.15) is 30.7 Å². The maximum absolute atomic E-state index is 6.22. The first kappa shape index (κ1) is 15.0. The first-order valence-corrected chi connectivity index (χ1v) is 7.84. The molecule has 3 nitrogen and oxygen atoms in total. The van der Waals surface area contributed by atoms with Gasteiger partial charge in [0, 0.05) is 16.7 Å². The predicted octanol–water partition coefficient (Wildman–Crippen LogP) is 4.17. The molecule has 2 N–H and O–H groups in total. The Morgan fingerprint density at radius 3 is 2.60 bits per heavy atom. The summed E-state index contributed by atoms with van der Waals surface area (Å²) < 4.78 is 10.8. The van der Waals surface area contributed by atoms with E-state index in [-0.39, 0.29) is 6.04 Å². The standard InChI is InChI=1S/C16H21NO2S/c1-3-9-19-14-6-4-13(5-7-14)15(17)11-20-16-8-10-18-12(16)2/h4-8,10,15H,3,9,11,17H2,1-2H3. The highest BCUT2D eigenvalue weighted by Gasteiger charge is 2.09. The number of aryl methyl sites for hydroxylation is 1. The molecule has 0 bridgehead atoms. The Kier molecular flexibility index (Phi) is 5.56. The second kappa shape index (κ2) is 7.41. The van der Waals surface area contributed by atoms with E-state index in [1.807, 2.05) is 37.3 Å². The smallest absolute Gasteiger partial charge is 0.119 e. The molecular formula is C16H21NO2S. The van der Waals surface area contributed by atoms with E-state index < -0.39 is 0 Å². The number of ether oxygens (including phenoxy) is 1. The van der Waals surface area contributed by atoms with Gasteiger partial charge >= 0.3 is 0 Å². The molecule has 2 rings (SSSR count). The van der Waals surface area contributed by atoms with E-state index in [4.69, 9.17) is 14.9 Å². The average Bonchev–Trinajstić information content (AvgIpc) is 2.88. The third-order valence-corrected chi connectivity index (χ3v) is 4.27. The highest BCUT2D eigenvalue weighted by Crippen LogP contribution is 2.27. The molecule has 1 unspecified atom stereocenters. The number of furan rings is 1. The van der Waals surface area contributed by atoms with Crippen molar-refractivity contribution in [3.63, 3.8) is 0 Å². The zero-order valence-electron chi connectivity index (χ0n) is 12.0. The summed E-state index contributed by atoms with van der Waals surface area (Å²) in [6.07, 6.45) is 2.73. The molecule has 0 spiro atoms. The molecule has 1 atom stereocenters. The lowest BCUT2D eigenvalue weighted by Crippen LogP contribution is -2.12. The topological polar surface area (TPSA) is 48.4 Å². The molecular weight excluding hydrogens is 270 g/mol. The second-order valence-electron chi connectivity index (χ2n) is 4.68. The molecule has 0 radical (unpaired) electrons. The number of nitrogens with two attached hydrogens (primary N) is 1. The fourth-order valence-electron chi connectivity index (χ4n) is 1.83. The Balaban J connectivity index is 1.88. The number of hydrogen-bond donors (Lipinski definition) is 1. The van der Waals surface area contributed by atoms with Crippen LogP contribution in [0.15, 0.2) is 45.9 Å². The van der Waals surface area contributed by atoms with Crippen molar-refractivity contribution in [3.05, 3.63) is 47.9 Å². The van der Waals surface area contributed by atoms with Crippen molar-refractivity contribution in [2.45, 2.75) is 31.2 Å². The Morgan fingerprint density at radius 2 is 2.00 bits per heavy atom. The highest BCUT2D eigenvalue weighted by molar-refractivity contribution is 7.99. The molecule has 0 aliphatic rings. The summed E-state index contributed by atoms with van der Waals surface area (Å²) in [5, 5.41) is 0. The van der Waals surface area contributed by atoms with Crippen LogP contribution < -0.4 is 10.5 Å². The van der Waals surface area contributed by atoms with Gasteiger partial charge in [0.15, 0.2) is 0 Å². The lowest BCUT2D eigenvalue weighted by Gasteiger charge is -2.12. The summed E-state index contributed by atoms with van der Waals surface area (Å²) in [6, 6.07) is 10.0. The largest absolute Gasteiger partial charge is 0.494 e. The van der Waals surface area contributed by atoms with Gasteiger partial charge in [-0.05, 0) is 37.1 Å². The van der Waals surface area contributed by atoms with Gasteiger partial charge in [0.05, 0.1) is 12.9 Å². The van der Waals surface area contributed by atoms with Crippen molar-refractivity contribution in [3.8, 4) is 5.75 Å². The molecule has 108 valence electrons. The van der Waals surface area contributed by atoms with E-state index >= 15 is 0 Å². The van der Waals surface area contributed by atoms with Crippen LogP contribution in [0.25, 0.3) is 0 Å². The molecule has 1 aromatic heterocycles. The zero-order chi connectivity index (χ0) is 14.4. The van der Waals surface area contributed by atoms with Crippen LogP contribution in [0.5, 0.6) is 5.75 Å². The van der Waals surface area contributed by atoms with Crippen molar-refractivity contribution in [1.82, 2.24) is 0 Å². The van der Waals surface area contributed by atoms with Crippen molar-refractivity contribution in [1.29, 1.82) is 0 Å². The van der Waals surface area contributed by atoms with E-state index in [1.54, 1.807) is 18.0 Å². The van der Waals surface area contributed by atoms with Crippen LogP contribution in [0, 0.1) is 6.92 Å². The van der Waals surface area contributed by atoms with Crippen LogP contribution in [0.2, 0.25) is 0 Å². The molecule has 0 aliphatic carbocycles. The number of hydrogen-bond acceptors (Lipinski definition) is 4. The summed E-state index contributed by atoms with van der Waals surface area (Å²) in [7, 11) is 0. The van der Waals surface area contributed by atoms with Gasteiger partial charge in [-0.3, -0.25) is 0 Å². The van der Waals surface area contributed by atoms with Crippen LogP contribution >= 0.6 is 11.8 Å². The van der Waals surface area contributed by atoms with Crippen molar-refractivity contribution in [2.75, 3.05) is 12.4 Å². The minimum atomic E-state index is 0.00882. The molecule has 1 aromatic carbocycles. The SMILES string of the molecule is CCCOc1ccc(C(N)CSc2ccoc2C)cc1. The van der Waals surface area contributed by atoms with Gasteiger partial charge in [-0.25, -0.2) is 0 Å². The Morgan fingerprint density at radius 1 is 1.25 bits per heavy atom. The quantitative estimate of drug-likeness (QED) is 0.778. The predicted molar refractivity (Wildman–Crippen MR) is 83.3 cm³/mol. The molecule has 2 aromatic rings. The Hall–Kier alpha value is -1.39. The summed E-state index contributed by atoms with van der Waals surface area (Å²) in [5.74, 6) is 2.68. The number of thioether (sulfide) groups is 1. The third-order valence-electron chi connectivity index (χ3n) is 3.01. The summed E-state index contributed by atoms with van der Waals surface area (Å²) in [6.45, 7) is 4.81. The van der Waals surface area contributed by atoms with E-state index in [0.29, 0.717) is 0 Å². The molecule has 1 heterocycles. The normalized spacial score (nSPS) is 12.3. The number of rotatable bonds is 7. The molecule has 0 amide bonds. The Bertz CT molecular complexity index is 522. The van der Waals surface area contributed by atoms with E-state index in [0.717, 1.165) is 40.7 Å². The lowest BCUT2D eigenvalue weighted by molar-refractivity contribution is 0.317. The number of benzene rings is 1.